The Labute approximate surface area is 146 Å². The number of hydrogen-bond acceptors (Lipinski definition) is 5. The minimum atomic E-state index is 0.683. The van der Waals surface area contributed by atoms with Crippen LogP contribution in [0.25, 0.3) is 16.7 Å². The SMILES string of the molecule is CC(C)CCOCCSc1ncnc2c1cnn2-c1ccccc1. The van der Waals surface area contributed by atoms with Gasteiger partial charge in [0.1, 0.15) is 11.4 Å². The zero-order valence-electron chi connectivity index (χ0n) is 14.1. The van der Waals surface area contributed by atoms with Gasteiger partial charge in [-0.15, -0.1) is 11.8 Å². The van der Waals surface area contributed by atoms with Gasteiger partial charge in [0, 0.05) is 12.4 Å². The number of rotatable bonds is 8. The standard InChI is InChI=1S/C18H22N4OS/c1-14(2)8-9-23-10-11-24-18-16-12-21-22(17(16)19-13-20-18)15-6-4-3-5-7-15/h3-7,12-14H,8-11H2,1-2H3. The van der Waals surface area contributed by atoms with Gasteiger partial charge in [-0.2, -0.15) is 5.10 Å². The molecule has 24 heavy (non-hydrogen) atoms. The van der Waals surface area contributed by atoms with Crippen molar-refractivity contribution in [2.24, 2.45) is 5.92 Å². The molecule has 2 aromatic heterocycles. The van der Waals surface area contributed by atoms with Gasteiger partial charge in [0.25, 0.3) is 0 Å². The first-order valence-corrected chi connectivity index (χ1v) is 9.19. The molecule has 0 aliphatic rings. The normalized spacial score (nSPS) is 11.5. The lowest BCUT2D eigenvalue weighted by Crippen LogP contribution is -2.02. The Morgan fingerprint density at radius 3 is 2.75 bits per heavy atom. The van der Waals surface area contributed by atoms with Gasteiger partial charge in [0.2, 0.25) is 0 Å². The number of fused-ring (bicyclic) bond motifs is 1. The second-order valence-electron chi connectivity index (χ2n) is 5.95. The molecule has 0 saturated carbocycles. The molecular weight excluding hydrogens is 320 g/mol. The van der Waals surface area contributed by atoms with Gasteiger partial charge in [-0.3, -0.25) is 0 Å². The van der Waals surface area contributed by atoms with E-state index in [2.05, 4.69) is 28.9 Å². The molecule has 0 aliphatic heterocycles. The van der Waals surface area contributed by atoms with Crippen LogP contribution in [0.1, 0.15) is 20.3 Å². The summed E-state index contributed by atoms with van der Waals surface area (Å²) in [5.74, 6) is 1.56. The lowest BCUT2D eigenvalue weighted by molar-refractivity contribution is 0.138. The quantitative estimate of drug-likeness (QED) is 0.352. The number of thioether (sulfide) groups is 1. The molecule has 3 aromatic rings. The molecule has 126 valence electrons. The second kappa shape index (κ2) is 8.26. The van der Waals surface area contributed by atoms with Crippen molar-refractivity contribution in [1.29, 1.82) is 0 Å². The summed E-state index contributed by atoms with van der Waals surface area (Å²) in [4.78, 5) is 8.80. The summed E-state index contributed by atoms with van der Waals surface area (Å²) in [6.07, 6.45) is 4.54. The largest absolute Gasteiger partial charge is 0.381 e. The summed E-state index contributed by atoms with van der Waals surface area (Å²) in [5, 5.41) is 6.41. The maximum atomic E-state index is 5.67. The molecule has 6 heteroatoms. The molecule has 0 saturated heterocycles. The van der Waals surface area contributed by atoms with Crippen molar-refractivity contribution in [1.82, 2.24) is 19.7 Å². The third-order valence-corrected chi connectivity index (χ3v) is 4.61. The number of aromatic nitrogens is 4. The van der Waals surface area contributed by atoms with Crippen molar-refractivity contribution in [3.63, 3.8) is 0 Å². The maximum absolute atomic E-state index is 5.67. The van der Waals surface area contributed by atoms with Crippen molar-refractivity contribution in [2.75, 3.05) is 19.0 Å². The Balaban J connectivity index is 1.66. The highest BCUT2D eigenvalue weighted by Gasteiger charge is 2.11. The summed E-state index contributed by atoms with van der Waals surface area (Å²) < 4.78 is 7.52. The minimum Gasteiger partial charge on any atom is -0.381 e. The number of para-hydroxylation sites is 1. The van der Waals surface area contributed by atoms with Crippen LogP contribution in [-0.4, -0.2) is 38.7 Å². The van der Waals surface area contributed by atoms with Crippen LogP contribution >= 0.6 is 11.8 Å². The van der Waals surface area contributed by atoms with Crippen molar-refractivity contribution >= 4 is 22.8 Å². The van der Waals surface area contributed by atoms with Gasteiger partial charge in [0.05, 0.1) is 23.9 Å². The van der Waals surface area contributed by atoms with Crippen molar-refractivity contribution in [3.05, 3.63) is 42.9 Å². The Morgan fingerprint density at radius 2 is 1.96 bits per heavy atom. The smallest absolute Gasteiger partial charge is 0.167 e. The fraction of sp³-hybridized carbons (Fsp3) is 0.389. The lowest BCUT2D eigenvalue weighted by atomic mass is 10.1. The maximum Gasteiger partial charge on any atom is 0.167 e. The highest BCUT2D eigenvalue weighted by atomic mass is 32.2. The Bertz CT molecular complexity index is 773. The first-order valence-electron chi connectivity index (χ1n) is 8.20. The first kappa shape index (κ1) is 16.9. The zero-order chi connectivity index (χ0) is 16.8. The average molecular weight is 342 g/mol. The number of benzene rings is 1. The fourth-order valence-electron chi connectivity index (χ4n) is 2.31. The molecule has 0 radical (unpaired) electrons. The summed E-state index contributed by atoms with van der Waals surface area (Å²) in [6, 6.07) is 10.0. The van der Waals surface area contributed by atoms with E-state index in [1.54, 1.807) is 18.1 Å². The molecule has 0 atom stereocenters. The third-order valence-electron chi connectivity index (χ3n) is 3.64. The highest BCUT2D eigenvalue weighted by Crippen LogP contribution is 2.25. The Morgan fingerprint density at radius 1 is 1.12 bits per heavy atom. The van der Waals surface area contributed by atoms with Crippen LogP contribution in [0.5, 0.6) is 0 Å². The molecule has 3 rings (SSSR count). The van der Waals surface area contributed by atoms with Crippen LogP contribution in [0.3, 0.4) is 0 Å². The molecule has 0 amide bonds. The van der Waals surface area contributed by atoms with Crippen molar-refractivity contribution in [2.45, 2.75) is 25.3 Å². The Hall–Kier alpha value is -1.92. The van der Waals surface area contributed by atoms with Gasteiger partial charge in [-0.05, 0) is 24.5 Å². The molecule has 5 nitrogen and oxygen atoms in total. The predicted octanol–water partition coefficient (Wildman–Crippen LogP) is 3.97. The van der Waals surface area contributed by atoms with E-state index in [1.807, 2.05) is 41.2 Å². The molecule has 0 N–H and O–H groups in total. The minimum absolute atomic E-state index is 0.683. The summed E-state index contributed by atoms with van der Waals surface area (Å²) in [5.41, 5.74) is 1.83. The molecule has 0 aliphatic carbocycles. The average Bonchev–Trinajstić information content (AvgIpc) is 3.03. The van der Waals surface area contributed by atoms with Crippen LogP contribution in [0.15, 0.2) is 47.9 Å². The van der Waals surface area contributed by atoms with E-state index in [-0.39, 0.29) is 0 Å². The van der Waals surface area contributed by atoms with Crippen molar-refractivity contribution in [3.8, 4) is 5.69 Å². The summed E-state index contributed by atoms with van der Waals surface area (Å²) in [7, 11) is 0. The zero-order valence-corrected chi connectivity index (χ0v) is 14.9. The first-order chi connectivity index (χ1) is 11.8. The third kappa shape index (κ3) is 4.13. The fourth-order valence-corrected chi connectivity index (χ4v) is 3.13. The van der Waals surface area contributed by atoms with Crippen LogP contribution in [0, 0.1) is 5.92 Å². The topological polar surface area (TPSA) is 52.8 Å². The number of nitrogens with zero attached hydrogens (tertiary/aromatic N) is 4. The number of ether oxygens (including phenoxy) is 1. The molecular formula is C18H22N4OS. The molecule has 0 unspecified atom stereocenters. The molecule has 0 spiro atoms. The van der Waals surface area contributed by atoms with E-state index in [9.17, 15) is 0 Å². The van der Waals surface area contributed by atoms with Gasteiger partial charge in [-0.1, -0.05) is 32.0 Å². The molecule has 1 aromatic carbocycles. The molecule has 0 fully saturated rings. The van der Waals surface area contributed by atoms with Crippen LogP contribution < -0.4 is 0 Å². The van der Waals surface area contributed by atoms with Gasteiger partial charge < -0.3 is 4.74 Å². The number of hydrogen-bond donors (Lipinski definition) is 0. The van der Waals surface area contributed by atoms with Crippen molar-refractivity contribution < 1.29 is 4.74 Å². The van der Waals surface area contributed by atoms with E-state index < -0.39 is 0 Å². The van der Waals surface area contributed by atoms with Gasteiger partial charge >= 0.3 is 0 Å². The van der Waals surface area contributed by atoms with Crippen LogP contribution in [0.2, 0.25) is 0 Å². The monoisotopic (exact) mass is 342 g/mol. The Kier molecular flexibility index (Phi) is 5.82. The highest BCUT2D eigenvalue weighted by molar-refractivity contribution is 7.99. The van der Waals surface area contributed by atoms with Gasteiger partial charge in [-0.25, -0.2) is 14.6 Å². The van der Waals surface area contributed by atoms with E-state index in [0.717, 1.165) is 47.1 Å². The summed E-state index contributed by atoms with van der Waals surface area (Å²) in [6.45, 7) is 5.97. The molecule has 2 heterocycles. The van der Waals surface area contributed by atoms with Crippen LogP contribution in [-0.2, 0) is 4.74 Å². The van der Waals surface area contributed by atoms with E-state index in [0.29, 0.717) is 5.92 Å². The van der Waals surface area contributed by atoms with E-state index in [1.165, 1.54) is 0 Å². The molecule has 0 bridgehead atoms. The van der Waals surface area contributed by atoms with E-state index >= 15 is 0 Å². The van der Waals surface area contributed by atoms with Gasteiger partial charge in [0.15, 0.2) is 5.65 Å². The lowest BCUT2D eigenvalue weighted by Gasteiger charge is -2.06. The van der Waals surface area contributed by atoms with Crippen LogP contribution in [0.4, 0.5) is 0 Å². The predicted molar refractivity (Wildman–Crippen MR) is 97.7 cm³/mol. The second-order valence-corrected chi connectivity index (χ2v) is 7.04. The summed E-state index contributed by atoms with van der Waals surface area (Å²) >= 11 is 1.69. The van der Waals surface area contributed by atoms with E-state index in [4.69, 9.17) is 4.74 Å².